The van der Waals surface area contributed by atoms with Gasteiger partial charge in [0.1, 0.15) is 17.2 Å². The van der Waals surface area contributed by atoms with Crippen LogP contribution in [0.5, 0.6) is 17.2 Å². The first-order chi connectivity index (χ1) is 12.6. The van der Waals surface area contributed by atoms with Crippen LogP contribution in [0.4, 0.5) is 0 Å². The predicted molar refractivity (Wildman–Crippen MR) is 112 cm³/mol. The molecule has 1 aliphatic heterocycles. The maximum Gasteiger partial charge on any atom is 0.126 e. The number of hydrogen-bond donors (Lipinski definition) is 0. The topological polar surface area (TPSA) is 30.9 Å². The first kappa shape index (κ1) is 21.4. The Kier molecular flexibility index (Phi) is 7.81. The Morgan fingerprint density at radius 3 is 2.56 bits per heavy atom. The number of likely N-dealkylation sites (N-methyl/N-ethyl adjacent to an activating group) is 1. The zero-order valence-corrected chi connectivity index (χ0v) is 17.4. The molecule has 1 aliphatic rings. The Morgan fingerprint density at radius 1 is 1.07 bits per heavy atom. The first-order valence-electron chi connectivity index (χ1n) is 9.25. The molecule has 0 saturated carbocycles. The SMILES string of the molecule is COc1cccc(CCN(C)CC2CC(C)Oc3cc(OC)ccc32)c1.Cl. The molecule has 0 spiro atoms. The summed E-state index contributed by atoms with van der Waals surface area (Å²) >= 11 is 0. The lowest BCUT2D eigenvalue weighted by Gasteiger charge is -2.33. The molecule has 27 heavy (non-hydrogen) atoms. The van der Waals surface area contributed by atoms with Crippen molar-refractivity contribution in [1.82, 2.24) is 4.90 Å². The smallest absolute Gasteiger partial charge is 0.126 e. The van der Waals surface area contributed by atoms with Crippen molar-refractivity contribution in [2.24, 2.45) is 0 Å². The standard InChI is InChI=1S/C22H29NO3.ClH/c1-16-12-18(21-9-8-20(25-4)14-22(21)26-16)15-23(2)11-10-17-6-5-7-19(13-17)24-3;/h5-9,13-14,16,18H,10-12,15H2,1-4H3;1H. The fourth-order valence-electron chi connectivity index (χ4n) is 3.66. The van der Waals surface area contributed by atoms with E-state index in [2.05, 4.69) is 43.1 Å². The summed E-state index contributed by atoms with van der Waals surface area (Å²) in [6, 6.07) is 14.5. The van der Waals surface area contributed by atoms with Gasteiger partial charge in [-0.2, -0.15) is 0 Å². The van der Waals surface area contributed by atoms with Crippen LogP contribution in [0.15, 0.2) is 42.5 Å². The van der Waals surface area contributed by atoms with E-state index in [1.165, 1.54) is 11.1 Å². The van der Waals surface area contributed by atoms with E-state index in [0.717, 1.165) is 43.2 Å². The Labute approximate surface area is 168 Å². The van der Waals surface area contributed by atoms with Gasteiger partial charge in [0, 0.05) is 25.1 Å². The lowest BCUT2D eigenvalue weighted by molar-refractivity contribution is 0.160. The summed E-state index contributed by atoms with van der Waals surface area (Å²) in [5, 5.41) is 0. The van der Waals surface area contributed by atoms with Crippen molar-refractivity contribution >= 4 is 12.4 Å². The number of benzene rings is 2. The lowest BCUT2D eigenvalue weighted by Crippen LogP contribution is -2.32. The van der Waals surface area contributed by atoms with Crippen LogP contribution in [0.25, 0.3) is 0 Å². The van der Waals surface area contributed by atoms with Crippen molar-refractivity contribution in [2.75, 3.05) is 34.4 Å². The molecule has 2 unspecified atom stereocenters. The zero-order chi connectivity index (χ0) is 18.5. The normalized spacial score (nSPS) is 18.3. The molecule has 0 N–H and O–H groups in total. The van der Waals surface area contributed by atoms with Gasteiger partial charge in [0.25, 0.3) is 0 Å². The van der Waals surface area contributed by atoms with Gasteiger partial charge < -0.3 is 19.1 Å². The van der Waals surface area contributed by atoms with E-state index in [0.29, 0.717) is 5.92 Å². The third kappa shape index (κ3) is 5.53. The van der Waals surface area contributed by atoms with Crippen molar-refractivity contribution in [2.45, 2.75) is 31.8 Å². The highest BCUT2D eigenvalue weighted by Gasteiger charge is 2.27. The second-order valence-corrected chi connectivity index (χ2v) is 7.13. The highest BCUT2D eigenvalue weighted by Crippen LogP contribution is 2.38. The number of hydrogen-bond acceptors (Lipinski definition) is 4. The molecule has 0 saturated heterocycles. The molecular weight excluding hydrogens is 362 g/mol. The Hall–Kier alpha value is -1.91. The molecule has 3 rings (SSSR count). The van der Waals surface area contributed by atoms with Crippen LogP contribution in [-0.2, 0) is 6.42 Å². The third-order valence-electron chi connectivity index (χ3n) is 5.05. The average molecular weight is 392 g/mol. The van der Waals surface area contributed by atoms with Crippen molar-refractivity contribution in [1.29, 1.82) is 0 Å². The molecule has 0 bridgehead atoms. The Morgan fingerprint density at radius 2 is 1.81 bits per heavy atom. The van der Waals surface area contributed by atoms with Gasteiger partial charge in [-0.3, -0.25) is 0 Å². The van der Waals surface area contributed by atoms with Crippen LogP contribution >= 0.6 is 12.4 Å². The summed E-state index contributed by atoms with van der Waals surface area (Å²) < 4.78 is 16.7. The van der Waals surface area contributed by atoms with Crippen LogP contribution in [0.1, 0.15) is 30.4 Å². The number of rotatable bonds is 7. The summed E-state index contributed by atoms with van der Waals surface area (Å²) in [7, 11) is 5.60. The molecule has 0 aliphatic carbocycles. The van der Waals surface area contributed by atoms with E-state index in [9.17, 15) is 0 Å². The molecule has 0 radical (unpaired) electrons. The minimum atomic E-state index is 0. The largest absolute Gasteiger partial charge is 0.497 e. The van der Waals surface area contributed by atoms with Gasteiger partial charge in [-0.05, 0) is 56.1 Å². The monoisotopic (exact) mass is 391 g/mol. The van der Waals surface area contributed by atoms with Gasteiger partial charge in [0.15, 0.2) is 0 Å². The molecule has 0 amide bonds. The van der Waals surface area contributed by atoms with Crippen LogP contribution in [0, 0.1) is 0 Å². The van der Waals surface area contributed by atoms with Crippen molar-refractivity contribution in [3.05, 3.63) is 53.6 Å². The van der Waals surface area contributed by atoms with Crippen molar-refractivity contribution < 1.29 is 14.2 Å². The lowest BCUT2D eigenvalue weighted by atomic mass is 9.89. The van der Waals surface area contributed by atoms with Crippen LogP contribution in [-0.4, -0.2) is 45.4 Å². The van der Waals surface area contributed by atoms with E-state index in [-0.39, 0.29) is 18.5 Å². The van der Waals surface area contributed by atoms with Gasteiger partial charge in [-0.15, -0.1) is 12.4 Å². The van der Waals surface area contributed by atoms with Gasteiger partial charge in [0.2, 0.25) is 0 Å². The number of ether oxygens (including phenoxy) is 3. The minimum absolute atomic E-state index is 0. The van der Waals surface area contributed by atoms with Gasteiger partial charge in [-0.1, -0.05) is 18.2 Å². The first-order valence-corrected chi connectivity index (χ1v) is 9.25. The Bertz CT molecular complexity index is 737. The summed E-state index contributed by atoms with van der Waals surface area (Å²) in [6.07, 6.45) is 2.29. The van der Waals surface area contributed by atoms with E-state index in [1.807, 2.05) is 18.2 Å². The summed E-state index contributed by atoms with van der Waals surface area (Å²) in [5.41, 5.74) is 2.60. The quantitative estimate of drug-likeness (QED) is 0.692. The van der Waals surface area contributed by atoms with Crippen LogP contribution < -0.4 is 14.2 Å². The Balaban J connectivity index is 0.00000261. The van der Waals surface area contributed by atoms with E-state index < -0.39 is 0 Å². The third-order valence-corrected chi connectivity index (χ3v) is 5.05. The van der Waals surface area contributed by atoms with Crippen molar-refractivity contribution in [3.8, 4) is 17.2 Å². The minimum Gasteiger partial charge on any atom is -0.497 e. The summed E-state index contributed by atoms with van der Waals surface area (Å²) in [4.78, 5) is 2.41. The maximum atomic E-state index is 6.03. The van der Waals surface area contributed by atoms with Gasteiger partial charge in [-0.25, -0.2) is 0 Å². The highest BCUT2D eigenvalue weighted by molar-refractivity contribution is 5.85. The summed E-state index contributed by atoms with van der Waals surface area (Å²) in [6.45, 7) is 4.19. The number of fused-ring (bicyclic) bond motifs is 1. The molecule has 5 heteroatoms. The van der Waals surface area contributed by atoms with E-state index in [4.69, 9.17) is 14.2 Å². The molecule has 2 aromatic rings. The highest BCUT2D eigenvalue weighted by atomic mass is 35.5. The number of methoxy groups -OCH3 is 2. The fourth-order valence-corrected chi connectivity index (χ4v) is 3.66. The van der Waals surface area contributed by atoms with E-state index >= 15 is 0 Å². The molecule has 0 fully saturated rings. The molecule has 2 atom stereocenters. The summed E-state index contributed by atoms with van der Waals surface area (Å²) in [5.74, 6) is 3.22. The predicted octanol–water partition coefficient (Wildman–Crippen LogP) is 4.55. The average Bonchev–Trinajstić information content (AvgIpc) is 2.65. The zero-order valence-electron chi connectivity index (χ0n) is 16.6. The van der Waals surface area contributed by atoms with Crippen LogP contribution in [0.3, 0.4) is 0 Å². The van der Waals surface area contributed by atoms with Gasteiger partial charge >= 0.3 is 0 Å². The second kappa shape index (κ2) is 9.86. The number of nitrogens with zero attached hydrogens (tertiary/aromatic N) is 1. The van der Waals surface area contributed by atoms with Crippen LogP contribution in [0.2, 0.25) is 0 Å². The van der Waals surface area contributed by atoms with E-state index in [1.54, 1.807) is 14.2 Å². The molecule has 0 aromatic heterocycles. The molecule has 4 nitrogen and oxygen atoms in total. The van der Waals surface area contributed by atoms with Crippen molar-refractivity contribution in [3.63, 3.8) is 0 Å². The molecule has 2 aromatic carbocycles. The van der Waals surface area contributed by atoms with Gasteiger partial charge in [0.05, 0.1) is 20.3 Å². The molecule has 1 heterocycles. The second-order valence-electron chi connectivity index (χ2n) is 7.13. The molecular formula is C22H30ClNO3. The fraction of sp³-hybridized carbons (Fsp3) is 0.455. The molecule has 148 valence electrons. The maximum absolute atomic E-state index is 6.03. The number of halogens is 1.